The topological polar surface area (TPSA) is 54.4 Å². The molecule has 0 radical (unpaired) electrons. The first-order chi connectivity index (χ1) is 8.01. The molecule has 1 atom stereocenters. The Morgan fingerprint density at radius 1 is 1.24 bits per heavy atom. The largest absolute Gasteiger partial charge is 0.393 e. The average Bonchev–Trinajstić information content (AvgIpc) is 2.30. The minimum atomic E-state index is -3.20. The maximum atomic E-state index is 11.9. The van der Waals surface area contributed by atoms with E-state index in [4.69, 9.17) is 0 Å². The number of hydrogen-bond donors (Lipinski definition) is 1. The molecule has 0 aliphatic carbocycles. The Morgan fingerprint density at radius 3 is 2.47 bits per heavy atom. The minimum Gasteiger partial charge on any atom is -0.393 e. The molecule has 0 aromatic heterocycles. The van der Waals surface area contributed by atoms with Gasteiger partial charge in [-0.2, -0.15) is 0 Å². The third kappa shape index (κ3) is 3.82. The maximum absolute atomic E-state index is 11.9. The number of hydrogen-bond acceptors (Lipinski definition) is 3. The van der Waals surface area contributed by atoms with Crippen molar-refractivity contribution in [2.24, 2.45) is 0 Å². The molecule has 0 bridgehead atoms. The Hall–Kier alpha value is -0.870. The smallest absolute Gasteiger partial charge is 0.178 e. The molecule has 1 N–H and O–H groups in total. The lowest BCUT2D eigenvalue weighted by molar-refractivity contribution is 0.163. The van der Waals surface area contributed by atoms with Gasteiger partial charge in [0.25, 0.3) is 0 Å². The third-order valence-electron chi connectivity index (χ3n) is 2.77. The maximum Gasteiger partial charge on any atom is 0.178 e. The van der Waals surface area contributed by atoms with Gasteiger partial charge in [-0.05, 0) is 24.5 Å². The van der Waals surface area contributed by atoms with Crippen LogP contribution in [-0.2, 0) is 16.3 Å². The van der Waals surface area contributed by atoms with Gasteiger partial charge in [-0.25, -0.2) is 8.42 Å². The van der Waals surface area contributed by atoms with E-state index < -0.39 is 15.9 Å². The van der Waals surface area contributed by atoms with Gasteiger partial charge in [-0.1, -0.05) is 38.5 Å². The van der Waals surface area contributed by atoms with Crippen molar-refractivity contribution in [1.82, 2.24) is 0 Å². The van der Waals surface area contributed by atoms with Gasteiger partial charge in [0.05, 0.1) is 16.8 Å². The van der Waals surface area contributed by atoms with Crippen LogP contribution in [0.15, 0.2) is 29.2 Å². The van der Waals surface area contributed by atoms with Crippen molar-refractivity contribution in [3.63, 3.8) is 0 Å². The highest BCUT2D eigenvalue weighted by Gasteiger charge is 2.17. The molecule has 0 spiro atoms. The van der Waals surface area contributed by atoms with E-state index in [1.54, 1.807) is 25.1 Å². The van der Waals surface area contributed by atoms with E-state index in [1.165, 1.54) is 0 Å². The first-order valence-electron chi connectivity index (χ1n) is 6.00. The second kappa shape index (κ2) is 6.17. The van der Waals surface area contributed by atoms with Crippen molar-refractivity contribution in [1.29, 1.82) is 0 Å². The monoisotopic (exact) mass is 256 g/mol. The van der Waals surface area contributed by atoms with E-state index in [0.717, 1.165) is 12.0 Å². The van der Waals surface area contributed by atoms with E-state index >= 15 is 0 Å². The second-order valence-corrected chi connectivity index (χ2v) is 6.40. The fourth-order valence-electron chi connectivity index (χ4n) is 1.82. The van der Waals surface area contributed by atoms with Gasteiger partial charge < -0.3 is 5.11 Å². The molecule has 4 heteroatoms. The number of sulfone groups is 1. The highest BCUT2D eigenvalue weighted by Crippen LogP contribution is 2.19. The first-order valence-corrected chi connectivity index (χ1v) is 7.65. The van der Waals surface area contributed by atoms with Crippen LogP contribution in [-0.4, -0.2) is 25.4 Å². The lowest BCUT2D eigenvalue weighted by atomic mass is 10.0. The van der Waals surface area contributed by atoms with Crippen molar-refractivity contribution >= 4 is 9.84 Å². The molecule has 1 rings (SSSR count). The number of aliphatic hydroxyl groups is 1. The summed E-state index contributed by atoms with van der Waals surface area (Å²) in [6, 6.07) is 6.93. The normalized spacial score (nSPS) is 13.6. The van der Waals surface area contributed by atoms with Gasteiger partial charge in [0.2, 0.25) is 0 Å². The van der Waals surface area contributed by atoms with E-state index in [2.05, 4.69) is 0 Å². The molecular formula is C13H20O3S. The molecule has 1 unspecified atom stereocenters. The second-order valence-electron chi connectivity index (χ2n) is 4.16. The Morgan fingerprint density at radius 2 is 1.88 bits per heavy atom. The summed E-state index contributed by atoms with van der Waals surface area (Å²) in [6.45, 7) is 3.63. The van der Waals surface area contributed by atoms with Crippen molar-refractivity contribution < 1.29 is 13.5 Å². The molecule has 3 nitrogen and oxygen atoms in total. The van der Waals surface area contributed by atoms with Crippen LogP contribution in [0, 0.1) is 0 Å². The lowest BCUT2D eigenvalue weighted by Gasteiger charge is -2.13. The Kier molecular flexibility index (Phi) is 5.15. The van der Waals surface area contributed by atoms with Gasteiger partial charge in [0, 0.05) is 0 Å². The Balaban J connectivity index is 3.01. The van der Waals surface area contributed by atoms with Crippen molar-refractivity contribution in [2.45, 2.75) is 44.1 Å². The van der Waals surface area contributed by atoms with Crippen LogP contribution in [0.3, 0.4) is 0 Å². The van der Waals surface area contributed by atoms with E-state index in [0.29, 0.717) is 17.7 Å². The molecular weight excluding hydrogens is 236 g/mol. The Labute approximate surface area is 103 Å². The highest BCUT2D eigenvalue weighted by atomic mass is 32.2. The average molecular weight is 256 g/mol. The molecule has 0 aliphatic rings. The summed E-state index contributed by atoms with van der Waals surface area (Å²) in [5, 5.41) is 9.77. The fourth-order valence-corrected chi connectivity index (χ4v) is 2.97. The summed E-state index contributed by atoms with van der Waals surface area (Å²) in [6.07, 6.45) is 1.53. The van der Waals surface area contributed by atoms with Crippen LogP contribution in [0.25, 0.3) is 0 Å². The third-order valence-corrected chi connectivity index (χ3v) is 4.59. The zero-order chi connectivity index (χ0) is 12.9. The molecule has 0 saturated heterocycles. The molecule has 17 heavy (non-hydrogen) atoms. The molecule has 0 fully saturated rings. The molecule has 0 heterocycles. The van der Waals surface area contributed by atoms with E-state index in [1.807, 2.05) is 13.0 Å². The van der Waals surface area contributed by atoms with Crippen molar-refractivity contribution in [2.75, 3.05) is 5.75 Å². The van der Waals surface area contributed by atoms with Crippen LogP contribution >= 0.6 is 0 Å². The lowest BCUT2D eigenvalue weighted by Crippen LogP contribution is -2.14. The molecule has 96 valence electrons. The number of benzene rings is 1. The molecule has 1 aromatic carbocycles. The van der Waals surface area contributed by atoms with Gasteiger partial charge in [0.15, 0.2) is 9.84 Å². The highest BCUT2D eigenvalue weighted by molar-refractivity contribution is 7.91. The van der Waals surface area contributed by atoms with Gasteiger partial charge in [-0.15, -0.1) is 0 Å². The van der Waals surface area contributed by atoms with Crippen LogP contribution < -0.4 is 0 Å². The summed E-state index contributed by atoms with van der Waals surface area (Å²) < 4.78 is 23.8. The van der Waals surface area contributed by atoms with Crippen molar-refractivity contribution in [3.8, 4) is 0 Å². The number of aliphatic hydroxyl groups excluding tert-OH is 1. The summed E-state index contributed by atoms with van der Waals surface area (Å²) >= 11 is 0. The minimum absolute atomic E-state index is 0.0912. The van der Waals surface area contributed by atoms with Gasteiger partial charge in [-0.3, -0.25) is 0 Å². The standard InChI is InChI=1S/C13H20O3S/c1-3-7-12(14)10-11-8-5-6-9-13(11)17(15,16)4-2/h5-6,8-9,12,14H,3-4,7,10H2,1-2H3. The number of rotatable bonds is 6. The zero-order valence-corrected chi connectivity index (χ0v) is 11.2. The van der Waals surface area contributed by atoms with Crippen LogP contribution in [0.2, 0.25) is 0 Å². The van der Waals surface area contributed by atoms with Gasteiger partial charge >= 0.3 is 0 Å². The fraction of sp³-hybridized carbons (Fsp3) is 0.538. The van der Waals surface area contributed by atoms with Gasteiger partial charge in [0.1, 0.15) is 0 Å². The summed E-state index contributed by atoms with van der Waals surface area (Å²) in [7, 11) is -3.20. The van der Waals surface area contributed by atoms with Crippen LogP contribution in [0.5, 0.6) is 0 Å². The predicted octanol–water partition coefficient (Wildman–Crippen LogP) is 2.18. The SMILES string of the molecule is CCCC(O)Cc1ccccc1S(=O)(=O)CC. The summed E-state index contributed by atoms with van der Waals surface area (Å²) in [4.78, 5) is 0.359. The Bertz CT molecular complexity index is 451. The quantitative estimate of drug-likeness (QED) is 0.848. The zero-order valence-electron chi connectivity index (χ0n) is 10.4. The summed E-state index contributed by atoms with van der Waals surface area (Å²) in [5.74, 6) is 0.0912. The predicted molar refractivity (Wildman–Crippen MR) is 68.8 cm³/mol. The first kappa shape index (κ1) is 14.2. The molecule has 0 amide bonds. The molecule has 1 aromatic rings. The van der Waals surface area contributed by atoms with Crippen LogP contribution in [0.4, 0.5) is 0 Å². The van der Waals surface area contributed by atoms with E-state index in [-0.39, 0.29) is 5.75 Å². The molecule has 0 aliphatic heterocycles. The van der Waals surface area contributed by atoms with Crippen LogP contribution in [0.1, 0.15) is 32.3 Å². The molecule has 0 saturated carbocycles. The van der Waals surface area contributed by atoms with Crippen molar-refractivity contribution in [3.05, 3.63) is 29.8 Å². The van der Waals surface area contributed by atoms with E-state index in [9.17, 15) is 13.5 Å². The summed E-state index contributed by atoms with van der Waals surface area (Å²) in [5.41, 5.74) is 0.718.